The molecule has 2 rings (SSSR count). The molecule has 4 nitrogen and oxygen atoms in total. The molecule has 0 bridgehead atoms. The first kappa shape index (κ1) is 17.8. The van der Waals surface area contributed by atoms with Crippen LogP contribution in [0.3, 0.4) is 0 Å². The monoisotopic (exact) mass is 336 g/mol. The van der Waals surface area contributed by atoms with E-state index in [1.54, 1.807) is 13.8 Å². The molecule has 1 heterocycles. The number of amides is 2. The molecule has 126 valence electrons. The fourth-order valence-corrected chi connectivity index (χ4v) is 2.74. The maximum Gasteiger partial charge on any atom is 0.245 e. The SMILES string of the molecule is CC(C)(CCl)C(=O)NC(Cc1ccccc1)C(=O)N1CCCC1. The van der Waals surface area contributed by atoms with Crippen LogP contribution in [0, 0.1) is 5.41 Å². The van der Waals surface area contributed by atoms with Gasteiger partial charge in [0.2, 0.25) is 11.8 Å². The van der Waals surface area contributed by atoms with Gasteiger partial charge in [0.15, 0.2) is 0 Å². The minimum Gasteiger partial charge on any atom is -0.343 e. The summed E-state index contributed by atoms with van der Waals surface area (Å²) in [6, 6.07) is 9.24. The summed E-state index contributed by atoms with van der Waals surface area (Å²) in [5.74, 6) is 0.0421. The zero-order valence-corrected chi connectivity index (χ0v) is 14.6. The Labute approximate surface area is 143 Å². The van der Waals surface area contributed by atoms with Gasteiger partial charge in [-0.1, -0.05) is 30.3 Å². The number of carbonyl (C=O) groups excluding carboxylic acids is 2. The quantitative estimate of drug-likeness (QED) is 0.812. The molecule has 1 fully saturated rings. The van der Waals surface area contributed by atoms with E-state index < -0.39 is 11.5 Å². The lowest BCUT2D eigenvalue weighted by atomic mass is 9.94. The number of nitrogens with one attached hydrogen (secondary N) is 1. The highest BCUT2D eigenvalue weighted by Gasteiger charge is 2.33. The van der Waals surface area contributed by atoms with Gasteiger partial charge in [-0.05, 0) is 32.3 Å². The van der Waals surface area contributed by atoms with Gasteiger partial charge in [0.25, 0.3) is 0 Å². The highest BCUT2D eigenvalue weighted by Crippen LogP contribution is 2.19. The van der Waals surface area contributed by atoms with Crippen molar-refractivity contribution in [2.24, 2.45) is 5.41 Å². The highest BCUT2D eigenvalue weighted by atomic mass is 35.5. The zero-order valence-electron chi connectivity index (χ0n) is 13.8. The van der Waals surface area contributed by atoms with Crippen molar-refractivity contribution >= 4 is 23.4 Å². The van der Waals surface area contributed by atoms with Crippen LogP contribution in [-0.2, 0) is 16.0 Å². The van der Waals surface area contributed by atoms with Crippen molar-refractivity contribution in [2.75, 3.05) is 19.0 Å². The van der Waals surface area contributed by atoms with Gasteiger partial charge in [0.05, 0.1) is 5.41 Å². The molecule has 0 saturated carbocycles. The Morgan fingerprint density at radius 2 is 1.83 bits per heavy atom. The van der Waals surface area contributed by atoms with E-state index >= 15 is 0 Å². The van der Waals surface area contributed by atoms with E-state index in [9.17, 15) is 9.59 Å². The van der Waals surface area contributed by atoms with Crippen molar-refractivity contribution in [1.29, 1.82) is 0 Å². The summed E-state index contributed by atoms with van der Waals surface area (Å²) >= 11 is 5.88. The first-order valence-corrected chi connectivity index (χ1v) is 8.67. The predicted octanol–water partition coefficient (Wildman–Crippen LogP) is 2.60. The van der Waals surface area contributed by atoms with Crippen molar-refractivity contribution in [1.82, 2.24) is 10.2 Å². The molecule has 0 aliphatic carbocycles. The zero-order chi connectivity index (χ0) is 16.9. The highest BCUT2D eigenvalue weighted by molar-refractivity contribution is 6.19. The fourth-order valence-electron chi connectivity index (χ4n) is 2.62. The van der Waals surface area contributed by atoms with Crippen LogP contribution in [0.2, 0.25) is 0 Å². The van der Waals surface area contributed by atoms with E-state index in [-0.39, 0.29) is 17.7 Å². The number of nitrogens with zero attached hydrogens (tertiary/aromatic N) is 1. The van der Waals surface area contributed by atoms with Crippen molar-refractivity contribution < 1.29 is 9.59 Å². The minimum atomic E-state index is -0.693. The summed E-state index contributed by atoms with van der Waals surface area (Å²) in [6.45, 7) is 5.13. The number of benzene rings is 1. The number of hydrogen-bond acceptors (Lipinski definition) is 2. The molecule has 1 aliphatic rings. The number of likely N-dealkylation sites (tertiary alicyclic amines) is 1. The van der Waals surface area contributed by atoms with Crippen LogP contribution >= 0.6 is 11.6 Å². The standard InChI is InChI=1S/C18H25ClN2O2/c1-18(2,13-19)17(23)20-15(12-14-8-4-3-5-9-14)16(22)21-10-6-7-11-21/h3-5,8-9,15H,6-7,10-13H2,1-2H3,(H,20,23). The molecule has 1 aromatic rings. The Morgan fingerprint density at radius 1 is 1.22 bits per heavy atom. The van der Waals surface area contributed by atoms with Crippen LogP contribution in [0.15, 0.2) is 30.3 Å². The van der Waals surface area contributed by atoms with Crippen molar-refractivity contribution in [3.63, 3.8) is 0 Å². The molecule has 2 amide bonds. The molecule has 0 spiro atoms. The minimum absolute atomic E-state index is 0.00470. The smallest absolute Gasteiger partial charge is 0.245 e. The second kappa shape index (κ2) is 7.82. The van der Waals surface area contributed by atoms with Gasteiger partial charge in [-0.2, -0.15) is 0 Å². The predicted molar refractivity (Wildman–Crippen MR) is 92.4 cm³/mol. The molecule has 1 atom stereocenters. The maximum absolute atomic E-state index is 12.8. The van der Waals surface area contributed by atoms with Crippen LogP contribution in [0.1, 0.15) is 32.3 Å². The maximum atomic E-state index is 12.8. The van der Waals surface area contributed by atoms with E-state index in [0.717, 1.165) is 31.5 Å². The summed E-state index contributed by atoms with van der Waals surface area (Å²) < 4.78 is 0. The summed E-state index contributed by atoms with van der Waals surface area (Å²) in [7, 11) is 0. The topological polar surface area (TPSA) is 49.4 Å². The van der Waals surface area contributed by atoms with Gasteiger partial charge >= 0.3 is 0 Å². The average Bonchev–Trinajstić information content (AvgIpc) is 3.08. The van der Waals surface area contributed by atoms with E-state index in [4.69, 9.17) is 11.6 Å². The molecular formula is C18H25ClN2O2. The van der Waals surface area contributed by atoms with Crippen molar-refractivity contribution in [3.8, 4) is 0 Å². The van der Waals surface area contributed by atoms with E-state index in [0.29, 0.717) is 6.42 Å². The number of rotatable bonds is 6. The lowest BCUT2D eigenvalue weighted by Gasteiger charge is -2.28. The van der Waals surface area contributed by atoms with Crippen LogP contribution in [0.4, 0.5) is 0 Å². The molecule has 23 heavy (non-hydrogen) atoms. The number of halogens is 1. The second-order valence-corrected chi connectivity index (χ2v) is 7.03. The third kappa shape index (κ3) is 4.71. The number of carbonyl (C=O) groups is 2. The van der Waals surface area contributed by atoms with Crippen LogP contribution in [0.5, 0.6) is 0 Å². The molecule has 1 saturated heterocycles. The summed E-state index contributed by atoms with van der Waals surface area (Å²) in [5, 5.41) is 2.92. The number of alkyl halides is 1. The van der Waals surface area contributed by atoms with E-state index in [1.165, 1.54) is 0 Å². The van der Waals surface area contributed by atoms with Crippen LogP contribution in [0.25, 0.3) is 0 Å². The van der Waals surface area contributed by atoms with Gasteiger partial charge in [-0.15, -0.1) is 11.6 Å². The molecule has 5 heteroatoms. The third-order valence-electron chi connectivity index (χ3n) is 4.25. The van der Waals surface area contributed by atoms with Gasteiger partial charge in [0, 0.05) is 25.4 Å². The molecule has 0 radical (unpaired) electrons. The number of hydrogen-bond donors (Lipinski definition) is 1. The second-order valence-electron chi connectivity index (χ2n) is 6.77. The molecule has 1 aliphatic heterocycles. The molecular weight excluding hydrogens is 312 g/mol. The summed E-state index contributed by atoms with van der Waals surface area (Å²) in [6.07, 6.45) is 2.57. The third-order valence-corrected chi connectivity index (χ3v) is 4.92. The summed E-state index contributed by atoms with van der Waals surface area (Å²) in [5.41, 5.74) is 0.343. The molecule has 1 unspecified atom stereocenters. The Kier molecular flexibility index (Phi) is 6.05. The Morgan fingerprint density at radius 3 is 2.39 bits per heavy atom. The lowest BCUT2D eigenvalue weighted by molar-refractivity contribution is -0.137. The first-order valence-electron chi connectivity index (χ1n) is 8.13. The van der Waals surface area contributed by atoms with Crippen molar-refractivity contribution in [2.45, 2.75) is 39.2 Å². The Balaban J connectivity index is 2.13. The lowest BCUT2D eigenvalue weighted by Crippen LogP contribution is -2.52. The Bertz CT molecular complexity index is 539. The van der Waals surface area contributed by atoms with E-state index in [1.807, 2.05) is 35.2 Å². The first-order chi connectivity index (χ1) is 10.9. The normalized spacial score (nSPS) is 16.2. The van der Waals surface area contributed by atoms with Gasteiger partial charge in [-0.25, -0.2) is 0 Å². The van der Waals surface area contributed by atoms with Gasteiger partial charge in [0.1, 0.15) is 6.04 Å². The largest absolute Gasteiger partial charge is 0.343 e. The van der Waals surface area contributed by atoms with Crippen LogP contribution in [-0.4, -0.2) is 41.7 Å². The molecule has 0 aromatic heterocycles. The Hall–Kier alpha value is -1.55. The fraction of sp³-hybridized carbons (Fsp3) is 0.556. The van der Waals surface area contributed by atoms with Gasteiger partial charge in [-0.3, -0.25) is 9.59 Å². The van der Waals surface area contributed by atoms with Crippen molar-refractivity contribution in [3.05, 3.63) is 35.9 Å². The average molecular weight is 337 g/mol. The molecule has 1 aromatic carbocycles. The van der Waals surface area contributed by atoms with Gasteiger partial charge < -0.3 is 10.2 Å². The van der Waals surface area contributed by atoms with Crippen LogP contribution < -0.4 is 5.32 Å². The molecule has 1 N–H and O–H groups in total. The van der Waals surface area contributed by atoms with E-state index in [2.05, 4.69) is 5.32 Å². The summed E-state index contributed by atoms with van der Waals surface area (Å²) in [4.78, 5) is 27.1.